The van der Waals surface area contributed by atoms with Crippen molar-refractivity contribution in [3.63, 3.8) is 0 Å². The van der Waals surface area contributed by atoms with E-state index in [4.69, 9.17) is 4.74 Å². The van der Waals surface area contributed by atoms with Gasteiger partial charge in [-0.05, 0) is 50.7 Å². The number of carbonyl (C=O) groups excluding carboxylic acids is 2. The van der Waals surface area contributed by atoms with Gasteiger partial charge in [0.2, 0.25) is 5.91 Å². The molecule has 0 unspecified atom stereocenters. The molecule has 2 N–H and O–H groups in total. The fraction of sp³-hybridized carbons (Fsp3) is 0.600. The summed E-state index contributed by atoms with van der Waals surface area (Å²) in [5.74, 6) is 0.873. The van der Waals surface area contributed by atoms with Crippen molar-refractivity contribution in [2.75, 3.05) is 0 Å². The number of benzene rings is 1. The third-order valence-electron chi connectivity index (χ3n) is 6.25. The van der Waals surface area contributed by atoms with Gasteiger partial charge in [-0.25, -0.2) is 0 Å². The highest BCUT2D eigenvalue weighted by Crippen LogP contribution is 2.58. The lowest BCUT2D eigenvalue weighted by Crippen LogP contribution is -2.69. The van der Waals surface area contributed by atoms with Crippen LogP contribution in [0.3, 0.4) is 0 Å². The highest BCUT2D eigenvalue weighted by molar-refractivity contribution is 5.98. The van der Waals surface area contributed by atoms with Crippen molar-refractivity contribution < 1.29 is 14.3 Å². The fourth-order valence-electron chi connectivity index (χ4n) is 5.04. The maximum atomic E-state index is 12.7. The third-order valence-corrected chi connectivity index (χ3v) is 6.25. The second kappa shape index (κ2) is 5.48. The summed E-state index contributed by atoms with van der Waals surface area (Å²) in [4.78, 5) is 25.3. The molecule has 1 aromatic carbocycles. The van der Waals surface area contributed by atoms with Gasteiger partial charge >= 0.3 is 0 Å². The zero-order chi connectivity index (χ0) is 17.8. The smallest absolute Gasteiger partial charge is 0.258 e. The van der Waals surface area contributed by atoms with Crippen LogP contribution < -0.4 is 15.4 Å². The second-order valence-electron chi connectivity index (χ2n) is 8.46. The van der Waals surface area contributed by atoms with Crippen LogP contribution in [0.15, 0.2) is 24.3 Å². The van der Waals surface area contributed by atoms with E-state index in [0.29, 0.717) is 17.7 Å². The van der Waals surface area contributed by atoms with Crippen LogP contribution in [0.2, 0.25) is 0 Å². The molecule has 134 valence electrons. The largest absolute Gasteiger partial charge is 0.467 e. The minimum Gasteiger partial charge on any atom is -0.467 e. The molecule has 1 aromatic rings. The molecule has 5 heteroatoms. The minimum absolute atomic E-state index is 0.0167. The molecule has 2 amide bonds. The Morgan fingerprint density at radius 1 is 1.36 bits per heavy atom. The van der Waals surface area contributed by atoms with Crippen LogP contribution in [-0.4, -0.2) is 23.6 Å². The Morgan fingerprint density at radius 2 is 2.12 bits per heavy atom. The zero-order valence-corrected chi connectivity index (χ0v) is 15.1. The van der Waals surface area contributed by atoms with Gasteiger partial charge in [-0.15, -0.1) is 0 Å². The Balaban J connectivity index is 1.64. The molecular weight excluding hydrogens is 316 g/mol. The molecule has 1 heterocycles. The van der Waals surface area contributed by atoms with Crippen molar-refractivity contribution in [2.45, 2.75) is 58.2 Å². The van der Waals surface area contributed by atoms with Crippen LogP contribution in [0.1, 0.15) is 56.8 Å². The van der Waals surface area contributed by atoms with Crippen molar-refractivity contribution in [3.05, 3.63) is 29.8 Å². The number of fused-ring (bicyclic) bond motifs is 3. The second-order valence-corrected chi connectivity index (χ2v) is 8.46. The highest BCUT2D eigenvalue weighted by Gasteiger charge is 2.61. The van der Waals surface area contributed by atoms with Gasteiger partial charge < -0.3 is 15.4 Å². The standard InChI is InChI=1S/C20H26N2O3/c1-12(2)21-18(24)15-10-13-8-9-19(15,3)11-20(13)22-17(23)14-6-4-5-7-16(14)25-20/h4-7,12-13,15H,8-11H2,1-3H3,(H,21,24)(H,22,23)/t13-,15-,19-,20+/m1/s1. The number of carbonyl (C=O) groups is 2. The summed E-state index contributed by atoms with van der Waals surface area (Å²) in [5.41, 5.74) is -0.241. The van der Waals surface area contributed by atoms with E-state index in [1.165, 1.54) is 0 Å². The first kappa shape index (κ1) is 16.4. The monoisotopic (exact) mass is 342 g/mol. The number of rotatable bonds is 2. The van der Waals surface area contributed by atoms with Gasteiger partial charge in [-0.1, -0.05) is 19.1 Å². The summed E-state index contributed by atoms with van der Waals surface area (Å²) < 4.78 is 6.38. The van der Waals surface area contributed by atoms with Crippen LogP contribution in [0.25, 0.3) is 0 Å². The molecule has 3 saturated carbocycles. The molecule has 5 nitrogen and oxygen atoms in total. The summed E-state index contributed by atoms with van der Waals surface area (Å²) in [6.07, 6.45) is 3.42. The molecule has 0 radical (unpaired) electrons. The highest BCUT2D eigenvalue weighted by atomic mass is 16.5. The topological polar surface area (TPSA) is 67.4 Å². The summed E-state index contributed by atoms with van der Waals surface area (Å²) in [6, 6.07) is 7.54. The molecule has 0 aromatic heterocycles. The van der Waals surface area contributed by atoms with Crippen molar-refractivity contribution >= 4 is 11.8 Å². The first-order valence-electron chi connectivity index (χ1n) is 9.24. The van der Waals surface area contributed by atoms with E-state index in [-0.39, 0.29) is 35.1 Å². The minimum atomic E-state index is -0.674. The lowest BCUT2D eigenvalue weighted by molar-refractivity contribution is -0.167. The average Bonchev–Trinajstić information content (AvgIpc) is 2.53. The summed E-state index contributed by atoms with van der Waals surface area (Å²) in [5, 5.41) is 6.22. The van der Waals surface area contributed by atoms with Gasteiger partial charge in [0.15, 0.2) is 5.72 Å². The van der Waals surface area contributed by atoms with Crippen molar-refractivity contribution in [1.29, 1.82) is 0 Å². The van der Waals surface area contributed by atoms with E-state index in [9.17, 15) is 9.59 Å². The summed E-state index contributed by atoms with van der Waals surface area (Å²) >= 11 is 0. The quantitative estimate of drug-likeness (QED) is 0.868. The zero-order valence-electron chi connectivity index (χ0n) is 15.1. The van der Waals surface area contributed by atoms with Crippen LogP contribution >= 0.6 is 0 Å². The van der Waals surface area contributed by atoms with E-state index in [2.05, 4.69) is 17.6 Å². The predicted molar refractivity (Wildman–Crippen MR) is 94.1 cm³/mol. The van der Waals surface area contributed by atoms with Crippen LogP contribution in [0, 0.1) is 17.3 Å². The molecule has 5 rings (SSSR count). The average molecular weight is 342 g/mol. The fourth-order valence-corrected chi connectivity index (χ4v) is 5.04. The van der Waals surface area contributed by atoms with Gasteiger partial charge in [0.1, 0.15) is 5.75 Å². The van der Waals surface area contributed by atoms with Crippen molar-refractivity contribution in [2.24, 2.45) is 17.3 Å². The molecular formula is C20H26N2O3. The predicted octanol–water partition coefficient (Wildman–Crippen LogP) is 2.86. The number of hydrogen-bond donors (Lipinski definition) is 2. The van der Waals surface area contributed by atoms with Gasteiger partial charge in [-0.3, -0.25) is 9.59 Å². The lowest BCUT2D eigenvalue weighted by atomic mass is 9.52. The molecule has 1 aliphatic heterocycles. The number of hydrogen-bond acceptors (Lipinski definition) is 3. The SMILES string of the molecule is CC(C)NC(=O)[C@H]1C[C@H]2CC[C@]1(C)C[C@@]21NC(=O)c2ccccc2O1. The Labute approximate surface area is 148 Å². The number of para-hydroxylation sites is 1. The van der Waals surface area contributed by atoms with E-state index >= 15 is 0 Å². The van der Waals surface area contributed by atoms with E-state index in [0.717, 1.165) is 19.3 Å². The number of ether oxygens (including phenoxy) is 1. The van der Waals surface area contributed by atoms with Crippen LogP contribution in [0.5, 0.6) is 5.75 Å². The maximum absolute atomic E-state index is 12.7. The Kier molecular flexibility index (Phi) is 3.60. The van der Waals surface area contributed by atoms with E-state index in [1.807, 2.05) is 32.0 Å². The third kappa shape index (κ3) is 2.52. The molecule has 3 fully saturated rings. The first-order chi connectivity index (χ1) is 11.8. The molecule has 3 aliphatic carbocycles. The molecule has 25 heavy (non-hydrogen) atoms. The molecule has 1 spiro atoms. The molecule has 2 bridgehead atoms. The molecule has 0 saturated heterocycles. The molecule has 4 aliphatic rings. The van der Waals surface area contributed by atoms with Crippen molar-refractivity contribution in [1.82, 2.24) is 10.6 Å². The lowest BCUT2D eigenvalue weighted by Gasteiger charge is -2.59. The van der Waals surface area contributed by atoms with Crippen LogP contribution in [-0.2, 0) is 4.79 Å². The number of amides is 2. The van der Waals surface area contributed by atoms with Gasteiger partial charge in [0.05, 0.1) is 5.56 Å². The summed E-state index contributed by atoms with van der Waals surface area (Å²) in [6.45, 7) is 6.15. The Morgan fingerprint density at radius 3 is 2.84 bits per heavy atom. The Hall–Kier alpha value is -2.04. The van der Waals surface area contributed by atoms with Gasteiger partial charge in [0, 0.05) is 24.3 Å². The van der Waals surface area contributed by atoms with Crippen molar-refractivity contribution in [3.8, 4) is 5.75 Å². The van der Waals surface area contributed by atoms with E-state index in [1.54, 1.807) is 6.07 Å². The normalized spacial score (nSPS) is 35.9. The Bertz CT molecular complexity index is 731. The van der Waals surface area contributed by atoms with Gasteiger partial charge in [-0.2, -0.15) is 0 Å². The van der Waals surface area contributed by atoms with E-state index < -0.39 is 5.72 Å². The maximum Gasteiger partial charge on any atom is 0.258 e. The van der Waals surface area contributed by atoms with Gasteiger partial charge in [0.25, 0.3) is 5.91 Å². The summed E-state index contributed by atoms with van der Waals surface area (Å²) in [7, 11) is 0. The number of nitrogens with one attached hydrogen (secondary N) is 2. The molecule has 4 atom stereocenters. The van der Waals surface area contributed by atoms with Crippen LogP contribution in [0.4, 0.5) is 0 Å². The first-order valence-corrected chi connectivity index (χ1v) is 9.24.